The Hall–Kier alpha value is -3.73. The number of aromatic hydroxyl groups is 1. The highest BCUT2D eigenvalue weighted by Gasteiger charge is 2.11. The number of phenolic OH excluding ortho intramolecular Hbond substituents is 1. The Kier molecular flexibility index (Phi) is 6.19. The first-order valence-corrected chi connectivity index (χ1v) is 9.22. The van der Waals surface area contributed by atoms with Crippen molar-refractivity contribution in [3.05, 3.63) is 87.9 Å². The summed E-state index contributed by atoms with van der Waals surface area (Å²) >= 11 is 6.13. The van der Waals surface area contributed by atoms with Gasteiger partial charge in [0.15, 0.2) is 0 Å². The maximum Gasteiger partial charge on any atom is 0.338 e. The smallest absolute Gasteiger partial charge is 0.338 e. The highest BCUT2D eigenvalue weighted by molar-refractivity contribution is 6.31. The van der Waals surface area contributed by atoms with Gasteiger partial charge >= 0.3 is 5.97 Å². The number of hydrogen-bond donors (Lipinski definition) is 1. The molecule has 4 nitrogen and oxygen atoms in total. The summed E-state index contributed by atoms with van der Waals surface area (Å²) in [4.78, 5) is 12.2. The SMILES string of the molecule is CCOC(=O)c1ccc(C#Cc2ccc(O)cc2Cl)c(-c2ccc(C#N)cc2)c1. The fourth-order valence-electron chi connectivity index (χ4n) is 2.70. The van der Waals surface area contributed by atoms with Crippen LogP contribution in [0.5, 0.6) is 5.75 Å². The third kappa shape index (κ3) is 4.76. The molecule has 0 aliphatic carbocycles. The lowest BCUT2D eigenvalue weighted by Gasteiger charge is -2.09. The highest BCUT2D eigenvalue weighted by Crippen LogP contribution is 2.26. The molecule has 0 saturated heterocycles. The molecule has 5 heteroatoms. The Morgan fingerprint density at radius 2 is 1.72 bits per heavy atom. The number of nitriles is 1. The molecule has 0 atom stereocenters. The van der Waals surface area contributed by atoms with Crippen molar-refractivity contribution in [3.8, 4) is 34.8 Å². The standard InChI is InChI=1S/C24H16ClNO3/c1-2-29-24(28)20-10-8-18(7-9-19-11-12-21(27)14-23(19)25)22(13-20)17-5-3-16(15-26)4-6-17/h3-6,8,10-14,27H,2H2,1H3. The van der Waals surface area contributed by atoms with E-state index in [-0.39, 0.29) is 12.4 Å². The van der Waals surface area contributed by atoms with Crippen LogP contribution in [0.25, 0.3) is 11.1 Å². The molecule has 0 fully saturated rings. The summed E-state index contributed by atoms with van der Waals surface area (Å²) in [5.41, 5.74) is 3.77. The molecule has 3 rings (SSSR count). The van der Waals surface area contributed by atoms with Crippen LogP contribution in [0, 0.1) is 23.2 Å². The number of carbonyl (C=O) groups is 1. The number of benzene rings is 3. The Labute approximate surface area is 173 Å². The first-order valence-electron chi connectivity index (χ1n) is 8.84. The first-order chi connectivity index (χ1) is 14.0. The van der Waals surface area contributed by atoms with Gasteiger partial charge in [-0.1, -0.05) is 35.6 Å². The first kappa shape index (κ1) is 20.0. The molecule has 29 heavy (non-hydrogen) atoms. The molecule has 0 aliphatic heterocycles. The minimum atomic E-state index is -0.413. The number of carbonyl (C=O) groups excluding carboxylic acids is 1. The summed E-state index contributed by atoms with van der Waals surface area (Å²) in [6.07, 6.45) is 0. The van der Waals surface area contributed by atoms with Gasteiger partial charge in [-0.2, -0.15) is 5.26 Å². The van der Waals surface area contributed by atoms with Crippen molar-refractivity contribution >= 4 is 17.6 Å². The van der Waals surface area contributed by atoms with Gasteiger partial charge in [-0.05, 0) is 66.6 Å². The van der Waals surface area contributed by atoms with Crippen LogP contribution in [0.3, 0.4) is 0 Å². The van der Waals surface area contributed by atoms with Crippen LogP contribution in [0.4, 0.5) is 0 Å². The Bertz CT molecular complexity index is 1170. The molecule has 0 spiro atoms. The van der Waals surface area contributed by atoms with Gasteiger partial charge in [-0.15, -0.1) is 0 Å². The van der Waals surface area contributed by atoms with Crippen molar-refractivity contribution in [2.24, 2.45) is 0 Å². The lowest BCUT2D eigenvalue weighted by atomic mass is 9.96. The lowest BCUT2D eigenvalue weighted by molar-refractivity contribution is 0.0526. The topological polar surface area (TPSA) is 70.3 Å². The van der Waals surface area contributed by atoms with Crippen molar-refractivity contribution in [1.82, 2.24) is 0 Å². The summed E-state index contributed by atoms with van der Waals surface area (Å²) in [6, 6.07) is 18.8. The van der Waals surface area contributed by atoms with E-state index in [0.29, 0.717) is 27.3 Å². The van der Waals surface area contributed by atoms with E-state index in [0.717, 1.165) is 11.1 Å². The fourth-order valence-corrected chi connectivity index (χ4v) is 2.92. The monoisotopic (exact) mass is 401 g/mol. The number of ether oxygens (including phenoxy) is 1. The van der Waals surface area contributed by atoms with Gasteiger partial charge in [-0.3, -0.25) is 0 Å². The third-order valence-electron chi connectivity index (χ3n) is 4.14. The van der Waals surface area contributed by atoms with Gasteiger partial charge in [0.1, 0.15) is 5.75 Å². The van der Waals surface area contributed by atoms with Crippen molar-refractivity contribution in [2.75, 3.05) is 6.61 Å². The molecular weight excluding hydrogens is 386 g/mol. The minimum Gasteiger partial charge on any atom is -0.508 e. The molecule has 1 N–H and O–H groups in total. The summed E-state index contributed by atoms with van der Waals surface area (Å²) < 4.78 is 5.09. The maximum atomic E-state index is 12.2. The third-order valence-corrected chi connectivity index (χ3v) is 4.45. The number of esters is 1. The average Bonchev–Trinajstić information content (AvgIpc) is 2.73. The maximum absolute atomic E-state index is 12.2. The zero-order chi connectivity index (χ0) is 20.8. The normalized spacial score (nSPS) is 9.83. The van der Waals surface area contributed by atoms with Crippen LogP contribution < -0.4 is 0 Å². The molecule has 3 aromatic rings. The van der Waals surface area contributed by atoms with E-state index in [2.05, 4.69) is 17.9 Å². The van der Waals surface area contributed by atoms with E-state index in [4.69, 9.17) is 21.6 Å². The number of halogens is 1. The highest BCUT2D eigenvalue weighted by atomic mass is 35.5. The van der Waals surface area contributed by atoms with Crippen molar-refractivity contribution in [1.29, 1.82) is 5.26 Å². The van der Waals surface area contributed by atoms with Gasteiger partial charge in [0.2, 0.25) is 0 Å². The second-order valence-corrected chi connectivity index (χ2v) is 6.49. The van der Waals surface area contributed by atoms with Crippen molar-refractivity contribution < 1.29 is 14.6 Å². The molecule has 0 bridgehead atoms. The average molecular weight is 402 g/mol. The van der Waals surface area contributed by atoms with Crippen LogP contribution in [-0.2, 0) is 4.74 Å². The fraction of sp³-hybridized carbons (Fsp3) is 0.0833. The van der Waals surface area contributed by atoms with Crippen LogP contribution in [0.1, 0.15) is 34.0 Å². The van der Waals surface area contributed by atoms with E-state index in [1.54, 1.807) is 43.3 Å². The Morgan fingerprint density at radius 3 is 2.38 bits per heavy atom. The quantitative estimate of drug-likeness (QED) is 0.486. The van der Waals surface area contributed by atoms with Crippen molar-refractivity contribution in [3.63, 3.8) is 0 Å². The van der Waals surface area contributed by atoms with Crippen LogP contribution in [0.15, 0.2) is 60.7 Å². The second kappa shape index (κ2) is 8.97. The molecule has 0 radical (unpaired) electrons. The number of rotatable bonds is 3. The summed E-state index contributed by atoms with van der Waals surface area (Å²) in [5.74, 6) is 5.74. The Balaban J connectivity index is 2.09. The molecule has 142 valence electrons. The van der Waals surface area contributed by atoms with Gasteiger partial charge in [0.25, 0.3) is 0 Å². The van der Waals surface area contributed by atoms with E-state index in [1.165, 1.54) is 12.1 Å². The van der Waals surface area contributed by atoms with Crippen LogP contribution in [0.2, 0.25) is 5.02 Å². The second-order valence-electron chi connectivity index (χ2n) is 6.08. The molecule has 0 unspecified atom stereocenters. The minimum absolute atomic E-state index is 0.0672. The van der Waals surface area contributed by atoms with E-state index in [9.17, 15) is 9.90 Å². The predicted molar refractivity (Wildman–Crippen MR) is 112 cm³/mol. The van der Waals surface area contributed by atoms with Gasteiger partial charge < -0.3 is 9.84 Å². The molecule has 0 heterocycles. The van der Waals surface area contributed by atoms with Gasteiger partial charge in [0, 0.05) is 11.1 Å². The molecular formula is C24H16ClNO3. The number of phenols is 1. The largest absolute Gasteiger partial charge is 0.508 e. The zero-order valence-corrected chi connectivity index (χ0v) is 16.3. The molecule has 0 saturated carbocycles. The lowest BCUT2D eigenvalue weighted by Crippen LogP contribution is -2.05. The molecule has 3 aromatic carbocycles. The van der Waals surface area contributed by atoms with E-state index < -0.39 is 5.97 Å². The van der Waals surface area contributed by atoms with Gasteiger partial charge in [-0.25, -0.2) is 4.79 Å². The molecule has 0 aromatic heterocycles. The summed E-state index contributed by atoms with van der Waals surface area (Å²) in [5, 5.41) is 18.9. The van der Waals surface area contributed by atoms with E-state index >= 15 is 0 Å². The number of hydrogen-bond acceptors (Lipinski definition) is 4. The van der Waals surface area contributed by atoms with E-state index in [1.807, 2.05) is 12.1 Å². The summed E-state index contributed by atoms with van der Waals surface area (Å²) in [7, 11) is 0. The van der Waals surface area contributed by atoms with Gasteiger partial charge in [0.05, 0.1) is 28.8 Å². The molecule has 0 amide bonds. The van der Waals surface area contributed by atoms with Crippen LogP contribution in [-0.4, -0.2) is 17.7 Å². The zero-order valence-electron chi connectivity index (χ0n) is 15.6. The predicted octanol–water partition coefficient (Wildman–Crippen LogP) is 5.16. The van der Waals surface area contributed by atoms with Crippen molar-refractivity contribution in [2.45, 2.75) is 6.92 Å². The number of nitrogens with zero attached hydrogens (tertiary/aromatic N) is 1. The Morgan fingerprint density at radius 1 is 1.03 bits per heavy atom. The summed E-state index contributed by atoms with van der Waals surface area (Å²) in [6.45, 7) is 2.03. The van der Waals surface area contributed by atoms with Crippen LogP contribution >= 0.6 is 11.6 Å². The molecule has 0 aliphatic rings.